The molecule has 0 aliphatic rings. The van der Waals surface area contributed by atoms with Crippen molar-refractivity contribution in [3.05, 3.63) is 35.9 Å². The van der Waals surface area contributed by atoms with Crippen LogP contribution in [0.25, 0.3) is 0 Å². The van der Waals surface area contributed by atoms with Crippen LogP contribution in [0.5, 0.6) is 0 Å². The molecule has 0 unspecified atom stereocenters. The summed E-state index contributed by atoms with van der Waals surface area (Å²) in [6.45, 7) is 1.57. The normalized spacial score (nSPS) is 11.7. The molecule has 1 aromatic carbocycles. The van der Waals surface area contributed by atoms with Gasteiger partial charge >= 0.3 is 7.60 Å². The third kappa shape index (κ3) is 14.1. The second-order valence-corrected chi connectivity index (χ2v) is 10.1. The zero-order valence-corrected chi connectivity index (χ0v) is 19.9. The molecule has 0 fully saturated rings. The Kier molecular flexibility index (Phi) is 15.9. The minimum Gasteiger partial charge on any atom is -0.377 e. The minimum absolute atomic E-state index is 0.0347. The third-order valence-corrected chi connectivity index (χ3v) is 7.13. The largest absolute Gasteiger partial charge is 0.377 e. The Hall–Kier alpha value is -1.00. The van der Waals surface area contributed by atoms with E-state index in [1.807, 2.05) is 18.2 Å². The molecule has 5 nitrogen and oxygen atoms in total. The lowest BCUT2D eigenvalue weighted by Gasteiger charge is -2.12. The first kappa shape index (κ1) is 27.0. The monoisotopic (exact) mass is 440 g/mol. The van der Waals surface area contributed by atoms with Crippen LogP contribution in [0, 0.1) is 0 Å². The van der Waals surface area contributed by atoms with Gasteiger partial charge in [-0.1, -0.05) is 88.1 Å². The number of ether oxygens (including phenoxy) is 1. The van der Waals surface area contributed by atoms with Crippen LogP contribution in [0.1, 0.15) is 82.6 Å². The summed E-state index contributed by atoms with van der Waals surface area (Å²) < 4.78 is 27.2. The van der Waals surface area contributed by atoms with Crippen molar-refractivity contribution in [1.82, 2.24) is 0 Å². The predicted molar refractivity (Wildman–Crippen MR) is 123 cm³/mol. The second-order valence-electron chi connectivity index (χ2n) is 7.85. The number of Topliss-reactive ketones (excluding diaryl/α,β-unsaturated/α-hetero) is 1. The number of benzene rings is 1. The van der Waals surface area contributed by atoms with Crippen molar-refractivity contribution in [3.8, 4) is 0 Å². The number of unbranched alkanes of at least 4 members (excludes halogenated alkanes) is 10. The summed E-state index contributed by atoms with van der Waals surface area (Å²) in [6, 6.07) is 10.3. The molecule has 0 atom stereocenters. The number of hydrogen-bond donors (Lipinski definition) is 0. The summed E-state index contributed by atoms with van der Waals surface area (Å²) >= 11 is 0. The molecule has 0 N–H and O–H groups in total. The lowest BCUT2D eigenvalue weighted by molar-refractivity contribution is -0.117. The van der Waals surface area contributed by atoms with E-state index in [-0.39, 0.29) is 11.9 Å². The molecule has 0 aliphatic heterocycles. The Morgan fingerprint density at radius 2 is 1.27 bits per heavy atom. The molecule has 0 saturated carbocycles. The van der Waals surface area contributed by atoms with E-state index >= 15 is 0 Å². The zero-order chi connectivity index (χ0) is 21.9. The van der Waals surface area contributed by atoms with E-state index in [1.54, 1.807) is 0 Å². The van der Waals surface area contributed by atoms with Gasteiger partial charge in [0.1, 0.15) is 11.9 Å². The molecule has 0 heterocycles. The average Bonchev–Trinajstić information content (AvgIpc) is 2.77. The van der Waals surface area contributed by atoms with Crippen molar-refractivity contribution in [3.63, 3.8) is 0 Å². The smallest absolute Gasteiger partial charge is 0.337 e. The summed E-state index contributed by atoms with van der Waals surface area (Å²) in [5.74, 6) is -0.0347. The SMILES string of the molecule is COP(=O)(CC(=O)CCCCCCCCCCCCCOCc1ccccc1)OC. The maximum absolute atomic E-state index is 11.9. The van der Waals surface area contributed by atoms with Crippen LogP contribution < -0.4 is 0 Å². The maximum atomic E-state index is 11.9. The zero-order valence-electron chi connectivity index (χ0n) is 19.0. The average molecular weight is 441 g/mol. The van der Waals surface area contributed by atoms with Gasteiger partial charge < -0.3 is 13.8 Å². The summed E-state index contributed by atoms with van der Waals surface area (Å²) in [5, 5.41) is 0. The topological polar surface area (TPSA) is 61.8 Å². The van der Waals surface area contributed by atoms with E-state index in [9.17, 15) is 9.36 Å². The van der Waals surface area contributed by atoms with Crippen molar-refractivity contribution in [2.45, 2.75) is 83.7 Å². The number of carbonyl (C=O) groups is 1. The lowest BCUT2D eigenvalue weighted by atomic mass is 10.0. The molecule has 1 rings (SSSR count). The molecule has 172 valence electrons. The summed E-state index contributed by atoms with van der Waals surface area (Å²) in [6.07, 6.45) is 13.6. The van der Waals surface area contributed by atoms with Gasteiger partial charge in [-0.2, -0.15) is 0 Å². The standard InChI is InChI=1S/C24H41O5P/c1-27-30(26,28-2)22-24(25)19-15-10-8-6-4-3-5-7-9-11-16-20-29-21-23-17-13-12-14-18-23/h12-14,17-18H,3-11,15-16,19-22H2,1-2H3. The van der Waals surface area contributed by atoms with E-state index < -0.39 is 7.60 Å². The van der Waals surface area contributed by atoms with Gasteiger partial charge in [0.15, 0.2) is 0 Å². The summed E-state index contributed by atoms with van der Waals surface area (Å²) in [5.41, 5.74) is 1.24. The molecule has 0 aliphatic carbocycles. The van der Waals surface area contributed by atoms with Crippen LogP contribution >= 0.6 is 7.60 Å². The Morgan fingerprint density at radius 1 is 0.767 bits per heavy atom. The molecule has 0 radical (unpaired) electrons. The molecule has 0 saturated heterocycles. The Morgan fingerprint density at radius 3 is 1.80 bits per heavy atom. The van der Waals surface area contributed by atoms with Crippen LogP contribution in [0.4, 0.5) is 0 Å². The quantitative estimate of drug-likeness (QED) is 0.162. The van der Waals surface area contributed by atoms with E-state index in [2.05, 4.69) is 12.1 Å². The fraction of sp³-hybridized carbons (Fsp3) is 0.708. The van der Waals surface area contributed by atoms with E-state index in [0.29, 0.717) is 6.42 Å². The van der Waals surface area contributed by atoms with Gasteiger partial charge in [0.05, 0.1) is 6.61 Å². The molecule has 1 aromatic rings. The Bertz CT molecular complexity index is 583. The fourth-order valence-corrected chi connectivity index (χ4v) is 4.38. The van der Waals surface area contributed by atoms with E-state index in [1.165, 1.54) is 64.7 Å². The van der Waals surface area contributed by atoms with Gasteiger partial charge in [-0.3, -0.25) is 9.36 Å². The number of ketones is 1. The van der Waals surface area contributed by atoms with Crippen LogP contribution in [0.2, 0.25) is 0 Å². The van der Waals surface area contributed by atoms with Crippen molar-refractivity contribution in [1.29, 1.82) is 0 Å². The predicted octanol–water partition coefficient (Wildman–Crippen LogP) is 6.94. The lowest BCUT2D eigenvalue weighted by Crippen LogP contribution is -2.07. The van der Waals surface area contributed by atoms with Gasteiger partial charge in [0.25, 0.3) is 0 Å². The Balaban J connectivity index is 1.80. The molecule has 0 amide bonds. The molecule has 0 bridgehead atoms. The molecule has 0 aromatic heterocycles. The van der Waals surface area contributed by atoms with Crippen molar-refractivity contribution >= 4 is 13.4 Å². The first-order valence-electron chi connectivity index (χ1n) is 11.4. The number of hydrogen-bond acceptors (Lipinski definition) is 5. The van der Waals surface area contributed by atoms with Gasteiger partial charge in [-0.15, -0.1) is 0 Å². The molecule has 6 heteroatoms. The van der Waals surface area contributed by atoms with Gasteiger partial charge in [0, 0.05) is 27.2 Å². The highest BCUT2D eigenvalue weighted by molar-refractivity contribution is 7.54. The maximum Gasteiger partial charge on any atom is 0.337 e. The summed E-state index contributed by atoms with van der Waals surface area (Å²) in [7, 11) is -0.558. The molecule has 30 heavy (non-hydrogen) atoms. The van der Waals surface area contributed by atoms with E-state index in [4.69, 9.17) is 13.8 Å². The van der Waals surface area contributed by atoms with Crippen LogP contribution in [-0.4, -0.2) is 32.8 Å². The number of rotatable bonds is 20. The van der Waals surface area contributed by atoms with Crippen LogP contribution in [0.15, 0.2) is 30.3 Å². The van der Waals surface area contributed by atoms with Crippen LogP contribution in [-0.2, 0) is 29.8 Å². The molecular weight excluding hydrogens is 399 g/mol. The number of carbonyl (C=O) groups excluding carboxylic acids is 1. The molecular formula is C24H41O5P. The Labute approximate surface area is 183 Å². The van der Waals surface area contributed by atoms with Crippen molar-refractivity contribution < 1.29 is 23.1 Å². The van der Waals surface area contributed by atoms with Crippen molar-refractivity contribution in [2.75, 3.05) is 27.0 Å². The highest BCUT2D eigenvalue weighted by Crippen LogP contribution is 2.46. The highest BCUT2D eigenvalue weighted by Gasteiger charge is 2.24. The highest BCUT2D eigenvalue weighted by atomic mass is 31.2. The third-order valence-electron chi connectivity index (χ3n) is 5.28. The first-order valence-corrected chi connectivity index (χ1v) is 13.2. The second kappa shape index (κ2) is 17.7. The van der Waals surface area contributed by atoms with Crippen molar-refractivity contribution in [2.24, 2.45) is 0 Å². The minimum atomic E-state index is -3.19. The first-order chi connectivity index (χ1) is 14.6. The summed E-state index contributed by atoms with van der Waals surface area (Å²) in [4.78, 5) is 11.8. The molecule has 0 spiro atoms. The van der Waals surface area contributed by atoms with E-state index in [0.717, 1.165) is 38.9 Å². The van der Waals surface area contributed by atoms with Gasteiger partial charge in [-0.25, -0.2) is 0 Å². The van der Waals surface area contributed by atoms with Gasteiger partial charge in [0.2, 0.25) is 0 Å². The van der Waals surface area contributed by atoms with Crippen LogP contribution in [0.3, 0.4) is 0 Å². The van der Waals surface area contributed by atoms with Gasteiger partial charge in [-0.05, 0) is 18.4 Å². The fourth-order valence-electron chi connectivity index (χ4n) is 3.38.